The third kappa shape index (κ3) is 5.36. The second-order valence-electron chi connectivity index (χ2n) is 9.61. The van der Waals surface area contributed by atoms with E-state index in [0.717, 1.165) is 41.0 Å². The van der Waals surface area contributed by atoms with Crippen molar-refractivity contribution < 1.29 is 14.7 Å². The van der Waals surface area contributed by atoms with Gasteiger partial charge in [0.25, 0.3) is 5.91 Å². The Balaban J connectivity index is 1.48. The fourth-order valence-corrected chi connectivity index (χ4v) is 5.05. The third-order valence-corrected chi connectivity index (χ3v) is 7.05. The number of anilines is 1. The van der Waals surface area contributed by atoms with E-state index in [-0.39, 0.29) is 23.9 Å². The summed E-state index contributed by atoms with van der Waals surface area (Å²) in [5.41, 5.74) is 12.7. The highest BCUT2D eigenvalue weighted by Gasteiger charge is 2.23. The van der Waals surface area contributed by atoms with Gasteiger partial charge in [0.1, 0.15) is 5.84 Å². The highest BCUT2D eigenvalue weighted by Crippen LogP contribution is 2.34. The van der Waals surface area contributed by atoms with Crippen LogP contribution < -0.4 is 16.0 Å². The minimum Gasteiger partial charge on any atom is -0.478 e. The highest BCUT2D eigenvalue weighted by molar-refractivity contribution is 6.02. The molecule has 0 radical (unpaired) electrons. The van der Waals surface area contributed by atoms with Crippen molar-refractivity contribution in [3.8, 4) is 11.1 Å². The first-order chi connectivity index (χ1) is 18.8. The van der Waals surface area contributed by atoms with E-state index < -0.39 is 5.97 Å². The van der Waals surface area contributed by atoms with Gasteiger partial charge in [-0.15, -0.1) is 0 Å². The number of nitrogen functional groups attached to an aromatic ring is 1. The number of hydrogen-bond donors (Lipinski definition) is 4. The van der Waals surface area contributed by atoms with E-state index >= 15 is 0 Å². The lowest BCUT2D eigenvalue weighted by molar-refractivity contribution is 0.0697. The fraction of sp³-hybridized carbons (Fsp3) is 0.161. The fourth-order valence-electron chi connectivity index (χ4n) is 5.05. The lowest BCUT2D eigenvalue weighted by Crippen LogP contribution is -2.24. The lowest BCUT2D eigenvalue weighted by atomic mass is 9.91. The number of carbonyl (C=O) groups is 2. The summed E-state index contributed by atoms with van der Waals surface area (Å²) in [4.78, 5) is 31.9. The number of fused-ring (bicyclic) bond motifs is 1. The third-order valence-electron chi connectivity index (χ3n) is 7.05. The number of aryl methyl sites for hydroxylation is 1. The van der Waals surface area contributed by atoms with Crippen molar-refractivity contribution in [3.63, 3.8) is 0 Å². The van der Waals surface area contributed by atoms with Crippen LogP contribution in [0.5, 0.6) is 0 Å². The Bertz CT molecular complexity index is 1580. The number of hydrogen-bond acceptors (Lipinski definition) is 5. The quantitative estimate of drug-likeness (QED) is 0.200. The van der Waals surface area contributed by atoms with Gasteiger partial charge in [0, 0.05) is 36.1 Å². The van der Waals surface area contributed by atoms with Crippen LogP contribution in [0.4, 0.5) is 5.69 Å². The minimum absolute atomic E-state index is 0.0436. The first kappa shape index (κ1) is 25.7. The monoisotopic (exact) mass is 519 g/mol. The van der Waals surface area contributed by atoms with E-state index in [1.807, 2.05) is 60.7 Å². The largest absolute Gasteiger partial charge is 0.478 e. The van der Waals surface area contributed by atoms with Gasteiger partial charge in [0.2, 0.25) is 0 Å². The predicted molar refractivity (Wildman–Crippen MR) is 151 cm³/mol. The first-order valence-corrected chi connectivity index (χ1v) is 12.7. The molecule has 1 aliphatic heterocycles. The van der Waals surface area contributed by atoms with Gasteiger partial charge in [0.05, 0.1) is 17.8 Å². The van der Waals surface area contributed by atoms with E-state index in [9.17, 15) is 14.7 Å². The van der Waals surface area contributed by atoms with E-state index in [2.05, 4.69) is 15.2 Å². The van der Waals surface area contributed by atoms with Crippen molar-refractivity contribution in [2.24, 2.45) is 5.73 Å². The van der Waals surface area contributed by atoms with E-state index in [4.69, 9.17) is 11.1 Å². The number of aromatic carboxylic acids is 1. The van der Waals surface area contributed by atoms with E-state index in [1.165, 1.54) is 0 Å². The molecule has 1 aliphatic rings. The van der Waals surface area contributed by atoms with Crippen LogP contribution in [0.15, 0.2) is 79.0 Å². The summed E-state index contributed by atoms with van der Waals surface area (Å²) in [6, 6.07) is 22.3. The average Bonchev–Trinajstić information content (AvgIpc) is 3.34. The number of carboxylic acids is 1. The normalized spacial score (nSPS) is 12.2. The minimum atomic E-state index is -1.05. The van der Waals surface area contributed by atoms with Crippen LogP contribution in [0.2, 0.25) is 0 Å². The summed E-state index contributed by atoms with van der Waals surface area (Å²) < 4.78 is 0. The smallest absolute Gasteiger partial charge is 0.336 e. The molecular formula is C31H29N5O3. The first-order valence-electron chi connectivity index (χ1n) is 12.7. The Morgan fingerprint density at radius 1 is 1.03 bits per heavy atom. The molecule has 0 unspecified atom stereocenters. The van der Waals surface area contributed by atoms with Crippen LogP contribution in [0.25, 0.3) is 11.1 Å². The number of carbonyl (C=O) groups excluding carboxylic acids is 1. The number of pyridine rings is 1. The molecule has 39 heavy (non-hydrogen) atoms. The Hall–Kier alpha value is -4.98. The highest BCUT2D eigenvalue weighted by atomic mass is 16.4. The zero-order valence-corrected chi connectivity index (χ0v) is 21.6. The summed E-state index contributed by atoms with van der Waals surface area (Å²) in [6.45, 7) is 3.38. The second kappa shape index (κ2) is 10.8. The van der Waals surface area contributed by atoms with Crippen LogP contribution in [-0.4, -0.2) is 34.3 Å². The molecule has 0 saturated carbocycles. The van der Waals surface area contributed by atoms with Crippen molar-refractivity contribution in [3.05, 3.63) is 118 Å². The summed E-state index contributed by atoms with van der Waals surface area (Å²) >= 11 is 0. The molecule has 0 fully saturated rings. The van der Waals surface area contributed by atoms with Crippen LogP contribution in [0, 0.1) is 12.3 Å². The molecule has 0 aliphatic carbocycles. The topological polar surface area (TPSA) is 132 Å². The molecule has 5 rings (SSSR count). The number of carboxylic acid groups (broad SMARTS) is 1. The molecule has 8 nitrogen and oxygen atoms in total. The van der Waals surface area contributed by atoms with Crippen LogP contribution in [0.3, 0.4) is 0 Å². The molecule has 5 N–H and O–H groups in total. The molecule has 3 aromatic carbocycles. The Morgan fingerprint density at radius 3 is 2.56 bits per heavy atom. The summed E-state index contributed by atoms with van der Waals surface area (Å²) in [7, 11) is 0. The van der Waals surface area contributed by atoms with Gasteiger partial charge in [-0.2, -0.15) is 0 Å². The van der Waals surface area contributed by atoms with E-state index in [1.54, 1.807) is 25.3 Å². The maximum atomic E-state index is 13.2. The maximum absolute atomic E-state index is 13.2. The van der Waals surface area contributed by atoms with Gasteiger partial charge in [-0.3, -0.25) is 15.2 Å². The Kier molecular flexibility index (Phi) is 7.10. The zero-order chi connectivity index (χ0) is 27.5. The molecule has 0 atom stereocenters. The predicted octanol–water partition coefficient (Wildman–Crippen LogP) is 4.53. The molecule has 1 amide bonds. The summed E-state index contributed by atoms with van der Waals surface area (Å²) in [6.07, 6.45) is 2.51. The number of benzene rings is 3. The van der Waals surface area contributed by atoms with Crippen molar-refractivity contribution >= 4 is 23.4 Å². The van der Waals surface area contributed by atoms with Gasteiger partial charge in [-0.25, -0.2) is 4.79 Å². The van der Waals surface area contributed by atoms with Crippen molar-refractivity contribution in [2.75, 3.05) is 11.4 Å². The van der Waals surface area contributed by atoms with Crippen molar-refractivity contribution in [2.45, 2.75) is 26.4 Å². The number of aromatic nitrogens is 1. The van der Waals surface area contributed by atoms with Crippen LogP contribution in [0.1, 0.15) is 48.7 Å². The van der Waals surface area contributed by atoms with Gasteiger partial charge < -0.3 is 21.1 Å². The van der Waals surface area contributed by atoms with Gasteiger partial charge in [-0.1, -0.05) is 30.3 Å². The summed E-state index contributed by atoms with van der Waals surface area (Å²) in [5.74, 6) is -1.29. The second-order valence-corrected chi connectivity index (χ2v) is 9.61. The van der Waals surface area contributed by atoms with Gasteiger partial charge >= 0.3 is 5.97 Å². The molecule has 8 heteroatoms. The number of nitrogens with two attached hydrogens (primary N) is 1. The van der Waals surface area contributed by atoms with Crippen molar-refractivity contribution in [1.82, 2.24) is 10.3 Å². The molecule has 196 valence electrons. The molecular weight excluding hydrogens is 490 g/mol. The SMILES string of the molecule is Cc1cc(C(=O)O)c(-c2ccccc2CN2CCc3cc(C(=N)N)ccc32)cc1C(=O)NCc1ccccn1. The number of nitrogens with one attached hydrogen (secondary N) is 2. The van der Waals surface area contributed by atoms with Crippen LogP contribution in [-0.2, 0) is 19.5 Å². The standard InChI is InChI=1S/C31H29N5O3/c1-19-14-27(31(38)39)26(16-25(19)30(37)35-17-23-7-4-5-12-34-23)24-8-3-2-6-22(24)18-36-13-11-20-15-21(29(32)33)9-10-28(20)36/h2-10,12,14-16H,11,13,17-18H2,1H3,(H3,32,33)(H,35,37)(H,38,39). The van der Waals surface area contributed by atoms with Gasteiger partial charge in [-0.05, 0) is 83.6 Å². The average molecular weight is 520 g/mol. The molecule has 1 aromatic heterocycles. The lowest BCUT2D eigenvalue weighted by Gasteiger charge is -2.22. The summed E-state index contributed by atoms with van der Waals surface area (Å²) in [5, 5.41) is 20.7. The Labute approximate surface area is 226 Å². The molecule has 2 heterocycles. The Morgan fingerprint density at radius 2 is 1.82 bits per heavy atom. The molecule has 0 spiro atoms. The number of rotatable bonds is 8. The molecule has 4 aromatic rings. The number of nitrogens with zero attached hydrogens (tertiary/aromatic N) is 2. The zero-order valence-electron chi connectivity index (χ0n) is 21.6. The van der Waals surface area contributed by atoms with E-state index in [0.29, 0.717) is 28.8 Å². The molecule has 0 bridgehead atoms. The number of amides is 1. The molecule has 0 saturated heterocycles. The van der Waals surface area contributed by atoms with Crippen LogP contribution >= 0.6 is 0 Å². The van der Waals surface area contributed by atoms with Crippen molar-refractivity contribution in [1.29, 1.82) is 5.41 Å². The maximum Gasteiger partial charge on any atom is 0.336 e. The van der Waals surface area contributed by atoms with Gasteiger partial charge in [0.15, 0.2) is 0 Å². The number of amidine groups is 1.